The molecule has 0 spiro atoms. The molecule has 4 nitrogen and oxygen atoms in total. The Balaban J connectivity index is 0.000000405. The van der Waals surface area contributed by atoms with Crippen molar-refractivity contribution in [1.29, 1.82) is 0 Å². The van der Waals surface area contributed by atoms with Crippen LogP contribution in [0.3, 0.4) is 0 Å². The first-order valence-corrected chi connectivity index (χ1v) is 13.6. The van der Waals surface area contributed by atoms with Crippen molar-refractivity contribution in [2.75, 3.05) is 0 Å². The van der Waals surface area contributed by atoms with Gasteiger partial charge in [-0.1, -0.05) is 44.9 Å². The maximum absolute atomic E-state index is 12.7. The van der Waals surface area contributed by atoms with Gasteiger partial charge in [0, 0.05) is 29.7 Å². The molecule has 1 atom stereocenters. The molecule has 8 heteroatoms. The minimum absolute atomic E-state index is 0.373. The van der Waals surface area contributed by atoms with Gasteiger partial charge in [0.2, 0.25) is 0 Å². The number of aryl methyl sites for hydroxylation is 3. The van der Waals surface area contributed by atoms with E-state index in [1.54, 1.807) is 24.5 Å². The van der Waals surface area contributed by atoms with Crippen molar-refractivity contribution < 1.29 is 13.2 Å². The Hall–Kier alpha value is -2.74. The van der Waals surface area contributed by atoms with Crippen molar-refractivity contribution in [2.24, 2.45) is 0 Å². The van der Waals surface area contributed by atoms with Crippen LogP contribution in [-0.2, 0) is 19.0 Å². The summed E-state index contributed by atoms with van der Waals surface area (Å²) in [6.45, 7) is 6.33. The molecule has 0 saturated heterocycles. The van der Waals surface area contributed by atoms with Crippen molar-refractivity contribution in [1.82, 2.24) is 19.6 Å². The van der Waals surface area contributed by atoms with E-state index in [0.717, 1.165) is 72.0 Å². The van der Waals surface area contributed by atoms with Crippen molar-refractivity contribution in [3.8, 4) is 0 Å². The van der Waals surface area contributed by atoms with E-state index in [2.05, 4.69) is 52.0 Å². The summed E-state index contributed by atoms with van der Waals surface area (Å²) >= 11 is 3.51. The van der Waals surface area contributed by atoms with Gasteiger partial charge in [0.1, 0.15) is 0 Å². The monoisotopic (exact) mass is 574 g/mol. The topological polar surface area (TPSA) is 43.1 Å². The SMILES string of the molecule is CCCC(CCCCc1ccc(C(F)(F)F)cc1)c1cc(C)n2ncc(Br)c2n1.CCc1cccnc1. The molecule has 4 rings (SSSR count). The lowest BCUT2D eigenvalue weighted by atomic mass is 9.92. The van der Waals surface area contributed by atoms with Crippen LogP contribution in [0.15, 0.2) is 65.5 Å². The number of benzene rings is 1. The zero-order chi connectivity index (χ0) is 26.8. The number of nitrogens with zero attached hydrogens (tertiary/aromatic N) is 4. The van der Waals surface area contributed by atoms with Crippen molar-refractivity contribution >= 4 is 21.6 Å². The fourth-order valence-electron chi connectivity index (χ4n) is 4.30. The van der Waals surface area contributed by atoms with Crippen LogP contribution in [0.1, 0.15) is 79.9 Å². The van der Waals surface area contributed by atoms with Gasteiger partial charge in [0.25, 0.3) is 0 Å². The number of hydrogen-bond acceptors (Lipinski definition) is 3. The first-order valence-electron chi connectivity index (χ1n) is 12.8. The van der Waals surface area contributed by atoms with Crippen LogP contribution in [0, 0.1) is 6.92 Å². The van der Waals surface area contributed by atoms with Crippen molar-refractivity contribution in [3.05, 3.63) is 93.6 Å². The van der Waals surface area contributed by atoms with Gasteiger partial charge in [-0.2, -0.15) is 18.3 Å². The van der Waals surface area contributed by atoms with Crippen molar-refractivity contribution in [3.63, 3.8) is 0 Å². The number of fused-ring (bicyclic) bond motifs is 1. The summed E-state index contributed by atoms with van der Waals surface area (Å²) in [4.78, 5) is 8.79. The number of pyridine rings is 1. The van der Waals surface area contributed by atoms with Gasteiger partial charge in [0.05, 0.1) is 16.2 Å². The molecular formula is C29H34BrF3N4. The fourth-order valence-corrected chi connectivity index (χ4v) is 4.64. The highest BCUT2D eigenvalue weighted by molar-refractivity contribution is 9.10. The Morgan fingerprint density at radius 3 is 2.32 bits per heavy atom. The molecule has 3 heterocycles. The van der Waals surface area contributed by atoms with Gasteiger partial charge in [-0.15, -0.1) is 0 Å². The van der Waals surface area contributed by atoms with E-state index in [1.807, 2.05) is 23.7 Å². The van der Waals surface area contributed by atoms with Crippen LogP contribution in [0.2, 0.25) is 0 Å². The minimum Gasteiger partial charge on any atom is -0.264 e. The molecule has 0 aliphatic rings. The average molecular weight is 576 g/mol. The van der Waals surface area contributed by atoms with E-state index in [4.69, 9.17) is 4.98 Å². The molecule has 0 radical (unpaired) electrons. The molecule has 3 aromatic heterocycles. The highest BCUT2D eigenvalue weighted by atomic mass is 79.9. The Bertz CT molecular complexity index is 1240. The summed E-state index contributed by atoms with van der Waals surface area (Å²) in [6, 6.07) is 11.7. The first-order chi connectivity index (χ1) is 17.7. The first kappa shape index (κ1) is 28.8. The third-order valence-electron chi connectivity index (χ3n) is 6.36. The molecule has 0 amide bonds. The molecule has 4 aromatic rings. The molecule has 198 valence electrons. The van der Waals surface area contributed by atoms with E-state index in [-0.39, 0.29) is 0 Å². The second-order valence-electron chi connectivity index (χ2n) is 9.19. The summed E-state index contributed by atoms with van der Waals surface area (Å²) in [6.07, 6.45) is 8.15. The minimum atomic E-state index is -4.28. The predicted molar refractivity (Wildman–Crippen MR) is 146 cm³/mol. The molecule has 0 aliphatic heterocycles. The molecule has 0 bridgehead atoms. The van der Waals surface area contributed by atoms with E-state index in [1.165, 1.54) is 17.7 Å². The van der Waals surface area contributed by atoms with Crippen LogP contribution in [0.5, 0.6) is 0 Å². The average Bonchev–Trinajstić information content (AvgIpc) is 3.27. The number of aromatic nitrogens is 4. The normalized spacial score (nSPS) is 12.3. The van der Waals surface area contributed by atoms with Gasteiger partial charge in [-0.25, -0.2) is 9.50 Å². The van der Waals surface area contributed by atoms with E-state index in [9.17, 15) is 13.2 Å². The molecule has 0 N–H and O–H groups in total. The van der Waals surface area contributed by atoms with Crippen LogP contribution in [0.4, 0.5) is 13.2 Å². The second-order valence-corrected chi connectivity index (χ2v) is 10.0. The van der Waals surface area contributed by atoms with Gasteiger partial charge >= 0.3 is 6.18 Å². The zero-order valence-corrected chi connectivity index (χ0v) is 23.2. The number of alkyl halides is 3. The number of halogens is 4. The summed E-state index contributed by atoms with van der Waals surface area (Å²) in [5, 5.41) is 4.33. The second kappa shape index (κ2) is 13.7. The van der Waals surface area contributed by atoms with E-state index < -0.39 is 11.7 Å². The third-order valence-corrected chi connectivity index (χ3v) is 6.92. The Labute approximate surface area is 225 Å². The summed E-state index contributed by atoms with van der Waals surface area (Å²) in [5.41, 5.74) is 4.64. The highest BCUT2D eigenvalue weighted by Crippen LogP contribution is 2.30. The summed E-state index contributed by atoms with van der Waals surface area (Å²) in [5.74, 6) is 0.373. The van der Waals surface area contributed by atoms with Crippen LogP contribution in [-0.4, -0.2) is 19.6 Å². The van der Waals surface area contributed by atoms with Crippen LogP contribution >= 0.6 is 15.9 Å². The van der Waals surface area contributed by atoms with Gasteiger partial charge in [-0.3, -0.25) is 4.98 Å². The number of unbranched alkanes of at least 4 members (excludes halogenated alkanes) is 1. The molecule has 37 heavy (non-hydrogen) atoms. The molecule has 1 unspecified atom stereocenters. The van der Waals surface area contributed by atoms with Crippen LogP contribution < -0.4 is 0 Å². The zero-order valence-electron chi connectivity index (χ0n) is 21.6. The lowest BCUT2D eigenvalue weighted by Gasteiger charge is -2.17. The quantitative estimate of drug-likeness (QED) is 0.188. The molecule has 1 aromatic carbocycles. The molecule has 0 aliphatic carbocycles. The summed E-state index contributed by atoms with van der Waals surface area (Å²) in [7, 11) is 0. The van der Waals surface area contributed by atoms with Gasteiger partial charge < -0.3 is 0 Å². The Morgan fingerprint density at radius 2 is 1.73 bits per heavy atom. The molecular weight excluding hydrogens is 541 g/mol. The van der Waals surface area contributed by atoms with E-state index in [0.29, 0.717) is 5.92 Å². The van der Waals surface area contributed by atoms with E-state index >= 15 is 0 Å². The number of hydrogen-bond donors (Lipinski definition) is 0. The predicted octanol–water partition coefficient (Wildman–Crippen LogP) is 8.76. The van der Waals surface area contributed by atoms with Crippen molar-refractivity contribution in [2.45, 2.75) is 77.8 Å². The fraction of sp³-hybridized carbons (Fsp3) is 0.414. The largest absolute Gasteiger partial charge is 0.416 e. The maximum atomic E-state index is 12.7. The summed E-state index contributed by atoms with van der Waals surface area (Å²) < 4.78 is 40.7. The third kappa shape index (κ3) is 8.38. The Kier molecular flexibility index (Phi) is 10.7. The van der Waals surface area contributed by atoms with Gasteiger partial charge in [-0.05, 0) is 90.4 Å². The standard InChI is InChI=1S/C22H25BrF3N3.C7H9N/c1-3-6-17(20-13-15(2)29-21(28-20)19(23)14-27-29)8-5-4-7-16-9-11-18(12-10-16)22(24,25)26;1-2-7-4-3-5-8-6-7/h9-14,17H,3-8H2,1-2H3;3-6H,2H2,1H3. The lowest BCUT2D eigenvalue weighted by Crippen LogP contribution is -2.06. The van der Waals surface area contributed by atoms with Crippen LogP contribution in [0.25, 0.3) is 5.65 Å². The number of rotatable bonds is 9. The lowest BCUT2D eigenvalue weighted by molar-refractivity contribution is -0.137. The van der Waals surface area contributed by atoms with Gasteiger partial charge in [0.15, 0.2) is 5.65 Å². The smallest absolute Gasteiger partial charge is 0.264 e. The molecule has 0 saturated carbocycles. The highest BCUT2D eigenvalue weighted by Gasteiger charge is 2.29. The Morgan fingerprint density at radius 1 is 0.973 bits per heavy atom. The molecule has 0 fully saturated rings. The maximum Gasteiger partial charge on any atom is 0.416 e.